The summed E-state index contributed by atoms with van der Waals surface area (Å²) in [6.45, 7) is 3.96. The number of nitrogens with zero attached hydrogens (tertiary/aromatic N) is 3. The number of hydrogen-bond acceptors (Lipinski definition) is 4. The summed E-state index contributed by atoms with van der Waals surface area (Å²) < 4.78 is 0. The number of rotatable bonds is 4. The van der Waals surface area contributed by atoms with Crippen LogP contribution in [0.25, 0.3) is 0 Å². The van der Waals surface area contributed by atoms with E-state index in [1.165, 1.54) is 0 Å². The maximum atomic E-state index is 12.2. The summed E-state index contributed by atoms with van der Waals surface area (Å²) in [5.74, 6) is 0.806. The van der Waals surface area contributed by atoms with E-state index in [1.54, 1.807) is 23.3 Å². The van der Waals surface area contributed by atoms with Crippen molar-refractivity contribution >= 4 is 17.2 Å². The summed E-state index contributed by atoms with van der Waals surface area (Å²) >= 11 is 1.64. The third kappa shape index (κ3) is 2.43. The molecular formula is C12H16N4OS. The van der Waals surface area contributed by atoms with Gasteiger partial charge in [0.25, 0.3) is 5.91 Å². The lowest BCUT2D eigenvalue weighted by molar-refractivity contribution is 0.0733. The van der Waals surface area contributed by atoms with Gasteiger partial charge >= 0.3 is 0 Å². The van der Waals surface area contributed by atoms with Crippen LogP contribution >= 0.6 is 11.3 Å². The molecule has 2 heterocycles. The first-order valence-corrected chi connectivity index (χ1v) is 6.73. The Balaban J connectivity index is 2.13. The molecule has 2 aromatic heterocycles. The monoisotopic (exact) mass is 264 g/mol. The molecule has 18 heavy (non-hydrogen) atoms. The average molecular weight is 264 g/mol. The molecular weight excluding hydrogens is 248 g/mol. The van der Waals surface area contributed by atoms with E-state index in [2.05, 4.69) is 15.2 Å². The van der Waals surface area contributed by atoms with Crippen molar-refractivity contribution in [3.63, 3.8) is 0 Å². The number of H-pyrrole nitrogens is 1. The van der Waals surface area contributed by atoms with E-state index >= 15 is 0 Å². The van der Waals surface area contributed by atoms with Crippen LogP contribution in [-0.4, -0.2) is 33.0 Å². The van der Waals surface area contributed by atoms with Crippen LogP contribution in [0.15, 0.2) is 17.5 Å². The molecule has 0 bridgehead atoms. The zero-order valence-corrected chi connectivity index (χ0v) is 11.5. The lowest BCUT2D eigenvalue weighted by Crippen LogP contribution is -2.30. The van der Waals surface area contributed by atoms with Crippen LogP contribution in [0.1, 0.15) is 41.2 Å². The molecule has 0 fully saturated rings. The van der Waals surface area contributed by atoms with Crippen LogP contribution in [0.4, 0.5) is 0 Å². The van der Waals surface area contributed by atoms with E-state index in [4.69, 9.17) is 0 Å². The van der Waals surface area contributed by atoms with E-state index in [0.717, 1.165) is 17.1 Å². The van der Waals surface area contributed by atoms with Gasteiger partial charge in [0.2, 0.25) is 5.82 Å². The second-order valence-electron chi connectivity index (χ2n) is 4.07. The van der Waals surface area contributed by atoms with E-state index in [9.17, 15) is 4.79 Å². The normalized spacial score (nSPS) is 12.4. The molecule has 0 aromatic carbocycles. The fraction of sp³-hybridized carbons (Fsp3) is 0.417. The first kappa shape index (κ1) is 12.8. The largest absolute Gasteiger partial charge is 0.331 e. The molecule has 0 saturated carbocycles. The zero-order valence-electron chi connectivity index (χ0n) is 10.7. The topological polar surface area (TPSA) is 61.9 Å². The zero-order chi connectivity index (χ0) is 13.1. The molecule has 0 aliphatic carbocycles. The van der Waals surface area contributed by atoms with Gasteiger partial charge in [-0.2, -0.15) is 0 Å². The second-order valence-corrected chi connectivity index (χ2v) is 5.05. The molecule has 1 atom stereocenters. The van der Waals surface area contributed by atoms with Crippen molar-refractivity contribution < 1.29 is 4.79 Å². The number of carbonyl (C=O) groups is 1. The van der Waals surface area contributed by atoms with Gasteiger partial charge in [-0.25, -0.2) is 4.98 Å². The van der Waals surface area contributed by atoms with E-state index in [-0.39, 0.29) is 17.8 Å². The fourth-order valence-electron chi connectivity index (χ4n) is 1.60. The van der Waals surface area contributed by atoms with Crippen LogP contribution in [0.5, 0.6) is 0 Å². The first-order valence-electron chi connectivity index (χ1n) is 5.85. The van der Waals surface area contributed by atoms with Gasteiger partial charge in [0.05, 0.1) is 6.04 Å². The summed E-state index contributed by atoms with van der Waals surface area (Å²) in [7, 11) is 1.77. The van der Waals surface area contributed by atoms with E-state index in [1.807, 2.05) is 31.4 Å². The summed E-state index contributed by atoms with van der Waals surface area (Å²) in [4.78, 5) is 19.2. The number of hydrogen-bond donors (Lipinski definition) is 1. The molecule has 0 aliphatic heterocycles. The van der Waals surface area contributed by atoms with Crippen LogP contribution in [0, 0.1) is 0 Å². The van der Waals surface area contributed by atoms with Gasteiger partial charge < -0.3 is 4.90 Å². The van der Waals surface area contributed by atoms with Crippen molar-refractivity contribution in [2.45, 2.75) is 26.3 Å². The highest BCUT2D eigenvalue weighted by Crippen LogP contribution is 2.24. The Morgan fingerprint density at radius 2 is 2.39 bits per heavy atom. The lowest BCUT2D eigenvalue weighted by Gasteiger charge is -2.22. The van der Waals surface area contributed by atoms with Gasteiger partial charge in [-0.15, -0.1) is 16.4 Å². The van der Waals surface area contributed by atoms with Crippen molar-refractivity contribution in [1.82, 2.24) is 20.1 Å². The molecule has 0 aliphatic rings. The summed E-state index contributed by atoms with van der Waals surface area (Å²) in [6.07, 6.45) is 0.741. The molecule has 2 aromatic rings. The first-order chi connectivity index (χ1) is 8.63. The Morgan fingerprint density at radius 3 is 2.94 bits per heavy atom. The van der Waals surface area contributed by atoms with Gasteiger partial charge in [0.1, 0.15) is 5.82 Å². The number of aryl methyl sites for hydroxylation is 1. The Labute approximate surface area is 110 Å². The van der Waals surface area contributed by atoms with Crippen molar-refractivity contribution in [1.29, 1.82) is 0 Å². The van der Waals surface area contributed by atoms with Crippen molar-refractivity contribution in [3.05, 3.63) is 34.0 Å². The molecule has 1 amide bonds. The van der Waals surface area contributed by atoms with Crippen LogP contribution in [0.2, 0.25) is 0 Å². The van der Waals surface area contributed by atoms with E-state index < -0.39 is 0 Å². The van der Waals surface area contributed by atoms with Gasteiger partial charge in [-0.3, -0.25) is 9.89 Å². The number of aromatic nitrogens is 3. The number of nitrogens with one attached hydrogen (secondary N) is 1. The number of aromatic amines is 1. The Kier molecular flexibility index (Phi) is 3.76. The minimum absolute atomic E-state index is 0.0288. The Hall–Kier alpha value is -1.69. The molecule has 0 spiro atoms. The predicted octanol–water partition coefficient (Wildman–Crippen LogP) is 2.26. The van der Waals surface area contributed by atoms with Crippen LogP contribution in [-0.2, 0) is 6.42 Å². The van der Waals surface area contributed by atoms with Gasteiger partial charge in [-0.1, -0.05) is 13.0 Å². The summed E-state index contributed by atoms with van der Waals surface area (Å²) in [5.41, 5.74) is 0. The molecule has 96 valence electrons. The second kappa shape index (κ2) is 5.30. The lowest BCUT2D eigenvalue weighted by atomic mass is 10.2. The molecule has 0 radical (unpaired) electrons. The molecule has 1 unspecified atom stereocenters. The SMILES string of the molecule is CCc1nc(C(=O)N(C)C(C)c2cccs2)n[nH]1. The van der Waals surface area contributed by atoms with Gasteiger partial charge in [0, 0.05) is 18.3 Å². The van der Waals surface area contributed by atoms with Crippen molar-refractivity contribution in [3.8, 4) is 0 Å². The predicted molar refractivity (Wildman–Crippen MR) is 70.6 cm³/mol. The quantitative estimate of drug-likeness (QED) is 0.921. The third-order valence-electron chi connectivity index (χ3n) is 2.91. The highest BCUT2D eigenvalue weighted by atomic mass is 32.1. The molecule has 5 nitrogen and oxygen atoms in total. The highest BCUT2D eigenvalue weighted by molar-refractivity contribution is 7.10. The maximum Gasteiger partial charge on any atom is 0.293 e. The molecule has 1 N–H and O–H groups in total. The molecule has 0 saturated heterocycles. The van der Waals surface area contributed by atoms with Crippen LogP contribution in [0.3, 0.4) is 0 Å². The smallest absolute Gasteiger partial charge is 0.293 e. The van der Waals surface area contributed by atoms with Crippen LogP contribution < -0.4 is 0 Å². The number of thiophene rings is 1. The minimum atomic E-state index is -0.160. The average Bonchev–Trinajstić information content (AvgIpc) is 3.06. The van der Waals surface area contributed by atoms with Crippen molar-refractivity contribution in [2.24, 2.45) is 0 Å². The maximum absolute atomic E-state index is 12.2. The highest BCUT2D eigenvalue weighted by Gasteiger charge is 2.22. The Bertz CT molecular complexity index is 520. The Morgan fingerprint density at radius 1 is 1.61 bits per heavy atom. The van der Waals surface area contributed by atoms with Gasteiger partial charge in [-0.05, 0) is 18.4 Å². The number of amides is 1. The molecule has 6 heteroatoms. The fourth-order valence-corrected chi connectivity index (χ4v) is 2.43. The number of carbonyl (C=O) groups excluding carboxylic acids is 1. The van der Waals surface area contributed by atoms with Gasteiger partial charge in [0.15, 0.2) is 0 Å². The molecule has 2 rings (SSSR count). The standard InChI is InChI=1S/C12H16N4OS/c1-4-10-13-11(15-14-10)12(17)16(3)8(2)9-6-5-7-18-9/h5-8H,4H2,1-3H3,(H,13,14,15). The summed E-state index contributed by atoms with van der Waals surface area (Å²) in [5, 5.41) is 8.71. The third-order valence-corrected chi connectivity index (χ3v) is 3.96. The van der Waals surface area contributed by atoms with E-state index in [0.29, 0.717) is 0 Å². The summed E-state index contributed by atoms with van der Waals surface area (Å²) in [6, 6.07) is 4.03. The minimum Gasteiger partial charge on any atom is -0.331 e. The van der Waals surface area contributed by atoms with Crippen molar-refractivity contribution in [2.75, 3.05) is 7.05 Å².